The average Bonchev–Trinajstić information content (AvgIpc) is 2.83. The van der Waals surface area contributed by atoms with E-state index in [0.29, 0.717) is 5.92 Å². The lowest BCUT2D eigenvalue weighted by Gasteiger charge is -2.31. The maximum Gasteiger partial charge on any atom is 0.0346 e. The molecule has 18 heavy (non-hydrogen) atoms. The van der Waals surface area contributed by atoms with E-state index in [1.165, 1.54) is 41.6 Å². The molecule has 0 radical (unpaired) electrons. The number of piperidine rings is 1. The molecule has 1 fully saturated rings. The molecule has 1 unspecified atom stereocenters. The minimum atomic E-state index is 0.698. The molecule has 96 valence electrons. The van der Waals surface area contributed by atoms with Crippen molar-refractivity contribution in [1.82, 2.24) is 4.90 Å². The molecular weight excluding hydrogens is 240 g/mol. The summed E-state index contributed by atoms with van der Waals surface area (Å²) in [5, 5.41) is 3.74. The quantitative estimate of drug-likeness (QED) is 0.919. The maximum atomic E-state index is 5.80. The van der Waals surface area contributed by atoms with Gasteiger partial charge in [0.05, 0.1) is 0 Å². The van der Waals surface area contributed by atoms with Crippen molar-refractivity contribution in [2.75, 3.05) is 19.6 Å². The molecule has 1 aromatic heterocycles. The molecule has 1 aliphatic heterocycles. The Labute approximate surface area is 112 Å². The molecule has 0 spiro atoms. The summed E-state index contributed by atoms with van der Waals surface area (Å²) in [4.78, 5) is 2.56. The van der Waals surface area contributed by atoms with Crippen LogP contribution >= 0.6 is 11.3 Å². The van der Waals surface area contributed by atoms with Crippen LogP contribution in [0.5, 0.6) is 0 Å². The second-order valence-corrected chi connectivity index (χ2v) is 6.15. The van der Waals surface area contributed by atoms with Crippen LogP contribution in [0.3, 0.4) is 0 Å². The summed E-state index contributed by atoms with van der Waals surface area (Å²) in [5.74, 6) is 0.698. The molecule has 2 aromatic rings. The summed E-state index contributed by atoms with van der Waals surface area (Å²) < 4.78 is 1.40. The summed E-state index contributed by atoms with van der Waals surface area (Å²) in [5.41, 5.74) is 7.28. The van der Waals surface area contributed by atoms with Gasteiger partial charge in [-0.15, -0.1) is 11.3 Å². The smallest absolute Gasteiger partial charge is 0.0346 e. The molecule has 0 aliphatic carbocycles. The Kier molecular flexibility index (Phi) is 3.64. The van der Waals surface area contributed by atoms with E-state index in [1.54, 1.807) is 0 Å². The summed E-state index contributed by atoms with van der Waals surface area (Å²) in [6.07, 6.45) is 2.60. The number of likely N-dealkylation sites (tertiary alicyclic amines) is 1. The largest absolute Gasteiger partial charge is 0.330 e. The van der Waals surface area contributed by atoms with Gasteiger partial charge in [0.1, 0.15) is 0 Å². The zero-order chi connectivity index (χ0) is 12.4. The van der Waals surface area contributed by atoms with E-state index in [0.717, 1.165) is 13.1 Å². The molecule has 2 N–H and O–H groups in total. The van der Waals surface area contributed by atoms with Gasteiger partial charge in [0.15, 0.2) is 0 Å². The number of nitrogens with zero attached hydrogens (tertiary/aromatic N) is 1. The van der Waals surface area contributed by atoms with Gasteiger partial charge in [0, 0.05) is 17.8 Å². The van der Waals surface area contributed by atoms with E-state index >= 15 is 0 Å². The van der Waals surface area contributed by atoms with Crippen molar-refractivity contribution >= 4 is 21.4 Å². The van der Waals surface area contributed by atoms with Crippen LogP contribution in [0.15, 0.2) is 29.6 Å². The van der Waals surface area contributed by atoms with E-state index < -0.39 is 0 Å². The Morgan fingerprint density at radius 3 is 3.11 bits per heavy atom. The first-order chi connectivity index (χ1) is 8.86. The number of benzene rings is 1. The first kappa shape index (κ1) is 12.2. The lowest BCUT2D eigenvalue weighted by molar-refractivity contribution is 0.171. The molecular formula is C15H20N2S. The van der Waals surface area contributed by atoms with Gasteiger partial charge in [-0.2, -0.15) is 0 Å². The third kappa shape index (κ3) is 2.44. The van der Waals surface area contributed by atoms with Crippen molar-refractivity contribution in [3.8, 4) is 0 Å². The van der Waals surface area contributed by atoms with Gasteiger partial charge in [-0.25, -0.2) is 0 Å². The number of hydrogen-bond donors (Lipinski definition) is 1. The zero-order valence-electron chi connectivity index (χ0n) is 10.6. The lowest BCUT2D eigenvalue weighted by atomic mass is 9.98. The van der Waals surface area contributed by atoms with Crippen LogP contribution < -0.4 is 5.73 Å². The Hall–Kier alpha value is -0.900. The SMILES string of the molecule is NCC1CCCN(Cc2csc3ccccc23)C1. The molecule has 1 saturated heterocycles. The summed E-state index contributed by atoms with van der Waals surface area (Å²) in [6, 6.07) is 8.71. The van der Waals surface area contributed by atoms with Crippen LogP contribution in [0.4, 0.5) is 0 Å². The number of rotatable bonds is 3. The van der Waals surface area contributed by atoms with E-state index in [1.807, 2.05) is 11.3 Å². The fourth-order valence-electron chi connectivity index (χ4n) is 2.88. The van der Waals surface area contributed by atoms with Crippen LogP contribution in [-0.4, -0.2) is 24.5 Å². The van der Waals surface area contributed by atoms with Gasteiger partial charge >= 0.3 is 0 Å². The molecule has 2 heterocycles. The molecule has 0 amide bonds. The third-order valence-electron chi connectivity index (χ3n) is 3.89. The summed E-state index contributed by atoms with van der Waals surface area (Å²) >= 11 is 1.86. The monoisotopic (exact) mass is 260 g/mol. The molecule has 0 bridgehead atoms. The highest BCUT2D eigenvalue weighted by Gasteiger charge is 2.19. The summed E-state index contributed by atoms with van der Waals surface area (Å²) in [6.45, 7) is 4.31. The molecule has 3 heteroatoms. The van der Waals surface area contributed by atoms with Gasteiger partial charge in [0.2, 0.25) is 0 Å². The lowest BCUT2D eigenvalue weighted by Crippen LogP contribution is -2.37. The number of nitrogens with two attached hydrogens (primary N) is 1. The molecule has 1 aliphatic rings. The highest BCUT2D eigenvalue weighted by molar-refractivity contribution is 7.17. The molecule has 1 atom stereocenters. The topological polar surface area (TPSA) is 29.3 Å². The van der Waals surface area contributed by atoms with Crippen LogP contribution in [0.25, 0.3) is 10.1 Å². The molecule has 0 saturated carbocycles. The predicted octanol–water partition coefficient (Wildman–Crippen LogP) is 3.07. The van der Waals surface area contributed by atoms with Crippen LogP contribution in [-0.2, 0) is 6.54 Å². The minimum absolute atomic E-state index is 0.698. The van der Waals surface area contributed by atoms with Gasteiger partial charge in [-0.05, 0) is 54.2 Å². The van der Waals surface area contributed by atoms with Crippen LogP contribution in [0.1, 0.15) is 18.4 Å². The number of hydrogen-bond acceptors (Lipinski definition) is 3. The standard InChI is InChI=1S/C15H20N2S/c16-8-12-4-3-7-17(9-12)10-13-11-18-15-6-2-1-5-14(13)15/h1-2,5-6,11-12H,3-4,7-10,16H2. The van der Waals surface area contributed by atoms with Gasteiger partial charge in [-0.3, -0.25) is 4.90 Å². The fourth-order valence-corrected chi connectivity index (χ4v) is 3.84. The van der Waals surface area contributed by atoms with Gasteiger partial charge in [-0.1, -0.05) is 18.2 Å². The maximum absolute atomic E-state index is 5.80. The Morgan fingerprint density at radius 2 is 2.22 bits per heavy atom. The van der Waals surface area contributed by atoms with Crippen molar-refractivity contribution in [3.63, 3.8) is 0 Å². The van der Waals surface area contributed by atoms with Crippen LogP contribution in [0, 0.1) is 5.92 Å². The van der Waals surface area contributed by atoms with Crippen LogP contribution in [0.2, 0.25) is 0 Å². The third-order valence-corrected chi connectivity index (χ3v) is 4.90. The van der Waals surface area contributed by atoms with Crippen molar-refractivity contribution in [1.29, 1.82) is 0 Å². The van der Waals surface area contributed by atoms with Crippen molar-refractivity contribution < 1.29 is 0 Å². The van der Waals surface area contributed by atoms with E-state index in [2.05, 4.69) is 34.5 Å². The highest BCUT2D eigenvalue weighted by Crippen LogP contribution is 2.27. The van der Waals surface area contributed by atoms with Crippen molar-refractivity contribution in [2.45, 2.75) is 19.4 Å². The van der Waals surface area contributed by atoms with E-state index in [4.69, 9.17) is 5.73 Å². The van der Waals surface area contributed by atoms with Crippen molar-refractivity contribution in [2.24, 2.45) is 11.7 Å². The Bertz CT molecular complexity index is 520. The van der Waals surface area contributed by atoms with E-state index in [9.17, 15) is 0 Å². The molecule has 3 rings (SSSR count). The predicted molar refractivity (Wildman–Crippen MR) is 78.9 cm³/mol. The summed E-state index contributed by atoms with van der Waals surface area (Å²) in [7, 11) is 0. The first-order valence-corrected chi connectivity index (χ1v) is 7.62. The minimum Gasteiger partial charge on any atom is -0.330 e. The Morgan fingerprint density at radius 1 is 1.33 bits per heavy atom. The van der Waals surface area contributed by atoms with Gasteiger partial charge in [0.25, 0.3) is 0 Å². The number of thiophene rings is 1. The second-order valence-electron chi connectivity index (χ2n) is 5.24. The first-order valence-electron chi connectivity index (χ1n) is 6.74. The average molecular weight is 260 g/mol. The highest BCUT2D eigenvalue weighted by atomic mass is 32.1. The zero-order valence-corrected chi connectivity index (χ0v) is 11.5. The fraction of sp³-hybridized carbons (Fsp3) is 0.467. The molecule has 1 aromatic carbocycles. The van der Waals surface area contributed by atoms with E-state index in [-0.39, 0.29) is 0 Å². The van der Waals surface area contributed by atoms with Crippen molar-refractivity contribution in [3.05, 3.63) is 35.2 Å². The number of fused-ring (bicyclic) bond motifs is 1. The van der Waals surface area contributed by atoms with Gasteiger partial charge < -0.3 is 5.73 Å². The molecule has 2 nitrogen and oxygen atoms in total. The second kappa shape index (κ2) is 5.39. The normalized spacial score (nSPS) is 21.5. The Balaban J connectivity index is 1.76.